The minimum Gasteiger partial charge on any atom is -0.406 e. The van der Waals surface area contributed by atoms with Gasteiger partial charge in [0.2, 0.25) is 0 Å². The molecule has 3 N–H and O–H groups in total. The Bertz CT molecular complexity index is 656. The van der Waals surface area contributed by atoms with E-state index in [0.29, 0.717) is 11.1 Å². The van der Waals surface area contributed by atoms with Crippen molar-refractivity contribution < 1.29 is 17.9 Å². The van der Waals surface area contributed by atoms with E-state index in [4.69, 9.17) is 5.73 Å². The molecule has 20 heavy (non-hydrogen) atoms. The van der Waals surface area contributed by atoms with Crippen LogP contribution in [-0.2, 0) is 6.54 Å². The molecule has 0 radical (unpaired) electrons. The number of ether oxygens (including phenoxy) is 1. The summed E-state index contributed by atoms with van der Waals surface area (Å²) >= 11 is 0. The Morgan fingerprint density at radius 1 is 1.30 bits per heavy atom. The molecule has 0 atom stereocenters. The Kier molecular flexibility index (Phi) is 3.47. The normalized spacial score (nSPS) is 11.6. The van der Waals surface area contributed by atoms with E-state index in [1.54, 1.807) is 6.92 Å². The van der Waals surface area contributed by atoms with Gasteiger partial charge in [-0.3, -0.25) is 9.89 Å². The molecular formula is C12H12F3N3O2. The number of benzene rings is 1. The molecule has 0 aliphatic carbocycles. The molecule has 2 aromatic rings. The average molecular weight is 287 g/mol. The highest BCUT2D eigenvalue weighted by Gasteiger charge is 2.30. The summed E-state index contributed by atoms with van der Waals surface area (Å²) in [5, 5.41) is 2.68. The van der Waals surface area contributed by atoms with E-state index >= 15 is 0 Å². The van der Waals surface area contributed by atoms with Crippen molar-refractivity contribution in [2.24, 2.45) is 0 Å². The van der Waals surface area contributed by atoms with Crippen LogP contribution in [0.5, 0.6) is 5.75 Å². The second-order valence-electron chi connectivity index (χ2n) is 4.23. The van der Waals surface area contributed by atoms with E-state index in [1.807, 2.05) is 0 Å². The molecule has 1 aromatic heterocycles. The maximum Gasteiger partial charge on any atom is 0.573 e. The highest BCUT2D eigenvalue weighted by atomic mass is 19.4. The lowest BCUT2D eigenvalue weighted by Gasteiger charge is -2.09. The molecule has 2 rings (SSSR count). The van der Waals surface area contributed by atoms with Crippen molar-refractivity contribution in [3.8, 4) is 5.75 Å². The van der Waals surface area contributed by atoms with Crippen LogP contribution in [-0.4, -0.2) is 16.1 Å². The lowest BCUT2D eigenvalue weighted by Crippen LogP contribution is -2.19. The minimum absolute atomic E-state index is 0.184. The minimum atomic E-state index is -4.72. The van der Waals surface area contributed by atoms with Crippen molar-refractivity contribution in [1.82, 2.24) is 9.78 Å². The summed E-state index contributed by atoms with van der Waals surface area (Å²) in [5.74, 6) is -0.0391. The maximum atomic E-state index is 12.0. The van der Waals surface area contributed by atoms with Gasteiger partial charge in [-0.2, -0.15) is 0 Å². The molecule has 0 saturated heterocycles. The van der Waals surface area contributed by atoms with Crippen LogP contribution in [0.4, 0.5) is 19.0 Å². The molecule has 1 aromatic carbocycles. The van der Waals surface area contributed by atoms with Crippen LogP contribution < -0.4 is 16.0 Å². The van der Waals surface area contributed by atoms with E-state index in [2.05, 4.69) is 9.84 Å². The van der Waals surface area contributed by atoms with Crippen molar-refractivity contribution in [2.45, 2.75) is 19.8 Å². The first kappa shape index (κ1) is 14.0. The zero-order chi connectivity index (χ0) is 14.9. The van der Waals surface area contributed by atoms with E-state index < -0.39 is 6.36 Å². The van der Waals surface area contributed by atoms with Crippen molar-refractivity contribution >= 4 is 5.82 Å². The van der Waals surface area contributed by atoms with E-state index in [0.717, 1.165) is 0 Å². The van der Waals surface area contributed by atoms with Gasteiger partial charge in [-0.25, -0.2) is 4.68 Å². The number of nitrogens with two attached hydrogens (primary N) is 1. The van der Waals surface area contributed by atoms with Gasteiger partial charge in [0.1, 0.15) is 11.6 Å². The number of H-pyrrole nitrogens is 1. The first-order chi connectivity index (χ1) is 9.26. The number of aromatic amines is 1. The van der Waals surface area contributed by atoms with Crippen LogP contribution >= 0.6 is 0 Å². The fourth-order valence-electron chi connectivity index (χ4n) is 1.69. The number of anilines is 1. The van der Waals surface area contributed by atoms with E-state index in [9.17, 15) is 18.0 Å². The monoisotopic (exact) mass is 287 g/mol. The van der Waals surface area contributed by atoms with Crippen molar-refractivity contribution in [2.75, 3.05) is 5.73 Å². The fourth-order valence-corrected chi connectivity index (χ4v) is 1.69. The third-order valence-corrected chi connectivity index (χ3v) is 2.72. The van der Waals surface area contributed by atoms with Gasteiger partial charge in [0.15, 0.2) is 0 Å². The number of nitrogens with zero attached hydrogens (tertiary/aromatic N) is 1. The SMILES string of the molecule is Cc1c(N)[nH]n(Cc2ccc(OC(F)(F)F)cc2)c1=O. The lowest BCUT2D eigenvalue weighted by molar-refractivity contribution is -0.274. The predicted octanol–water partition coefficient (Wildman–Crippen LogP) is 2.01. The van der Waals surface area contributed by atoms with Gasteiger partial charge < -0.3 is 10.5 Å². The van der Waals surface area contributed by atoms with Gasteiger partial charge in [0.25, 0.3) is 5.56 Å². The number of nitrogens with one attached hydrogen (secondary N) is 1. The number of hydrogen-bond donors (Lipinski definition) is 2. The summed E-state index contributed by atoms with van der Waals surface area (Å²) in [6.45, 7) is 1.77. The standard InChI is InChI=1S/C12H12F3N3O2/c1-7-10(16)17-18(11(7)19)6-8-2-4-9(5-3-8)20-12(13,14)15/h2-5,17H,6,16H2,1H3. The highest BCUT2D eigenvalue weighted by Crippen LogP contribution is 2.22. The molecule has 5 nitrogen and oxygen atoms in total. The molecule has 1 heterocycles. The summed E-state index contributed by atoms with van der Waals surface area (Å²) in [4.78, 5) is 11.7. The van der Waals surface area contributed by atoms with Crippen molar-refractivity contribution in [3.63, 3.8) is 0 Å². The second kappa shape index (κ2) is 4.95. The molecule has 0 aliphatic rings. The fraction of sp³-hybridized carbons (Fsp3) is 0.250. The van der Waals surface area contributed by atoms with Crippen LogP contribution in [0.2, 0.25) is 0 Å². The Balaban J connectivity index is 2.15. The van der Waals surface area contributed by atoms with Crippen LogP contribution in [0.1, 0.15) is 11.1 Å². The molecule has 0 saturated carbocycles. The zero-order valence-electron chi connectivity index (χ0n) is 10.5. The largest absolute Gasteiger partial charge is 0.573 e. The quantitative estimate of drug-likeness (QED) is 0.907. The van der Waals surface area contributed by atoms with Gasteiger partial charge in [-0.1, -0.05) is 12.1 Å². The number of nitrogen functional groups attached to an aromatic ring is 1. The van der Waals surface area contributed by atoms with Gasteiger partial charge in [-0.05, 0) is 24.6 Å². The maximum absolute atomic E-state index is 12.0. The molecule has 0 amide bonds. The molecular weight excluding hydrogens is 275 g/mol. The number of rotatable bonds is 3. The Morgan fingerprint density at radius 3 is 2.35 bits per heavy atom. The van der Waals surface area contributed by atoms with E-state index in [1.165, 1.54) is 28.9 Å². The molecule has 0 bridgehead atoms. The summed E-state index contributed by atoms with van der Waals surface area (Å²) < 4.78 is 41.0. The predicted molar refractivity (Wildman–Crippen MR) is 66.4 cm³/mol. The van der Waals surface area contributed by atoms with Gasteiger partial charge in [-0.15, -0.1) is 13.2 Å². The number of hydrogen-bond acceptors (Lipinski definition) is 3. The van der Waals surface area contributed by atoms with Crippen molar-refractivity contribution in [1.29, 1.82) is 0 Å². The Labute approximate surface area is 111 Å². The van der Waals surface area contributed by atoms with Crippen LogP contribution in [0.15, 0.2) is 29.1 Å². The first-order valence-electron chi connectivity index (χ1n) is 5.66. The summed E-state index contributed by atoms with van der Waals surface area (Å²) in [6, 6.07) is 5.26. The smallest absolute Gasteiger partial charge is 0.406 e. The lowest BCUT2D eigenvalue weighted by atomic mass is 10.2. The summed E-state index contributed by atoms with van der Waals surface area (Å²) in [7, 11) is 0. The van der Waals surface area contributed by atoms with Gasteiger partial charge in [0, 0.05) is 0 Å². The summed E-state index contributed by atoms with van der Waals surface area (Å²) in [6.07, 6.45) is -4.72. The average Bonchev–Trinajstić information content (AvgIpc) is 2.58. The van der Waals surface area contributed by atoms with E-state index in [-0.39, 0.29) is 23.7 Å². The first-order valence-corrected chi connectivity index (χ1v) is 5.66. The molecule has 108 valence electrons. The van der Waals surface area contributed by atoms with Gasteiger partial charge in [0.05, 0.1) is 12.1 Å². The zero-order valence-corrected chi connectivity index (χ0v) is 10.5. The Morgan fingerprint density at radius 2 is 1.90 bits per heavy atom. The van der Waals surface area contributed by atoms with Crippen LogP contribution in [0, 0.1) is 6.92 Å². The highest BCUT2D eigenvalue weighted by molar-refractivity contribution is 5.36. The second-order valence-corrected chi connectivity index (χ2v) is 4.23. The molecule has 8 heteroatoms. The topological polar surface area (TPSA) is 73.0 Å². The molecule has 0 aliphatic heterocycles. The van der Waals surface area contributed by atoms with Gasteiger partial charge >= 0.3 is 6.36 Å². The third kappa shape index (κ3) is 3.14. The molecule has 0 fully saturated rings. The Hall–Kier alpha value is -2.38. The molecule has 0 unspecified atom stereocenters. The third-order valence-electron chi connectivity index (χ3n) is 2.72. The number of aromatic nitrogens is 2. The molecule has 0 spiro atoms. The summed E-state index contributed by atoms with van der Waals surface area (Å²) in [5.41, 5.74) is 6.35. The number of alkyl halides is 3. The number of halogens is 3. The van der Waals surface area contributed by atoms with Crippen LogP contribution in [0.3, 0.4) is 0 Å². The van der Waals surface area contributed by atoms with Crippen molar-refractivity contribution in [3.05, 3.63) is 45.7 Å². The van der Waals surface area contributed by atoms with Crippen LogP contribution in [0.25, 0.3) is 0 Å².